The molecule has 1 aliphatic rings. The first kappa shape index (κ1) is 26.5. The van der Waals surface area contributed by atoms with Crippen molar-refractivity contribution in [1.29, 1.82) is 0 Å². The predicted octanol–water partition coefficient (Wildman–Crippen LogP) is 3.72. The van der Waals surface area contributed by atoms with Gasteiger partial charge in [-0.2, -0.15) is 12.6 Å². The molecule has 4 nitrogen and oxygen atoms in total. The molecular weight excluding hydrogens is 401 g/mol. The number of benzene rings is 1. The van der Waals surface area contributed by atoms with Gasteiger partial charge in [-0.25, -0.2) is 0 Å². The van der Waals surface area contributed by atoms with Gasteiger partial charge in [0.15, 0.2) is 0 Å². The van der Waals surface area contributed by atoms with Gasteiger partial charge in [0.05, 0.1) is 0 Å². The maximum Gasteiger partial charge on any atom is 0.254 e. The largest absolute Gasteiger partial charge is 0.336 e. The van der Waals surface area contributed by atoms with Crippen LogP contribution in [-0.2, 0) is 0 Å². The molecule has 1 fully saturated rings. The number of hydrogen-bond acceptors (Lipinski definition) is 4. The van der Waals surface area contributed by atoms with Crippen LogP contribution in [0, 0.1) is 13.8 Å². The van der Waals surface area contributed by atoms with Crippen LogP contribution in [0.2, 0.25) is 0 Å². The Kier molecular flexibility index (Phi) is 12.7. The first-order valence-electron chi connectivity index (χ1n) is 9.43. The number of carbonyl (C=O) groups is 1. The summed E-state index contributed by atoms with van der Waals surface area (Å²) in [7, 11) is 0. The lowest BCUT2D eigenvalue weighted by atomic mass is 10.00. The Balaban J connectivity index is 0.00000338. The van der Waals surface area contributed by atoms with Crippen LogP contribution in [-0.4, -0.2) is 59.7 Å². The van der Waals surface area contributed by atoms with Crippen molar-refractivity contribution in [3.05, 3.63) is 34.9 Å². The Bertz CT molecular complexity index is 588. The summed E-state index contributed by atoms with van der Waals surface area (Å²) in [6.45, 7) is 9.65. The van der Waals surface area contributed by atoms with Crippen molar-refractivity contribution >= 4 is 43.4 Å². The van der Waals surface area contributed by atoms with E-state index in [0.717, 1.165) is 43.7 Å². The van der Waals surface area contributed by atoms with E-state index in [9.17, 15) is 4.79 Å². The molecule has 0 aliphatic carbocycles. The molecule has 27 heavy (non-hydrogen) atoms. The third kappa shape index (κ3) is 7.13. The Morgan fingerprint density at radius 2 is 2.00 bits per heavy atom. The van der Waals surface area contributed by atoms with Gasteiger partial charge in [-0.1, -0.05) is 31.9 Å². The molecule has 2 atom stereocenters. The standard InChI is InChI=1S/C20H33N3OS.2ClH/c1-4-5-8-18-13-23(11-10-22(18)12-17(21)14-25)20(24)19-9-6-7-15(2)16(19)3;;/h6-7,9,17-18,25H,4-5,8,10-14,21H2,1-3H3;2*1H. The van der Waals surface area contributed by atoms with Crippen molar-refractivity contribution in [2.24, 2.45) is 5.73 Å². The maximum atomic E-state index is 13.0. The molecule has 1 heterocycles. The summed E-state index contributed by atoms with van der Waals surface area (Å²) in [5.41, 5.74) is 9.23. The van der Waals surface area contributed by atoms with E-state index >= 15 is 0 Å². The van der Waals surface area contributed by atoms with Gasteiger partial charge in [0.1, 0.15) is 0 Å². The fraction of sp³-hybridized carbons (Fsp3) is 0.650. The van der Waals surface area contributed by atoms with Crippen molar-refractivity contribution in [3.8, 4) is 0 Å². The fourth-order valence-electron chi connectivity index (χ4n) is 3.54. The molecule has 7 heteroatoms. The summed E-state index contributed by atoms with van der Waals surface area (Å²) in [6, 6.07) is 6.48. The van der Waals surface area contributed by atoms with Crippen LogP contribution in [0.15, 0.2) is 18.2 Å². The average Bonchev–Trinajstić information content (AvgIpc) is 2.62. The lowest BCUT2D eigenvalue weighted by molar-refractivity contribution is 0.0447. The Morgan fingerprint density at radius 3 is 2.63 bits per heavy atom. The van der Waals surface area contributed by atoms with E-state index in [-0.39, 0.29) is 36.8 Å². The maximum absolute atomic E-state index is 13.0. The summed E-state index contributed by atoms with van der Waals surface area (Å²) < 4.78 is 0. The highest BCUT2D eigenvalue weighted by Crippen LogP contribution is 2.20. The molecule has 0 spiro atoms. The number of thiol groups is 1. The zero-order chi connectivity index (χ0) is 18.4. The van der Waals surface area contributed by atoms with Gasteiger partial charge in [-0.15, -0.1) is 24.8 Å². The summed E-state index contributed by atoms with van der Waals surface area (Å²) in [4.78, 5) is 17.5. The molecule has 2 rings (SSSR count). The average molecular weight is 436 g/mol. The number of nitrogens with two attached hydrogens (primary N) is 1. The van der Waals surface area contributed by atoms with E-state index in [1.54, 1.807) is 0 Å². The lowest BCUT2D eigenvalue weighted by Crippen LogP contribution is -2.57. The molecule has 1 amide bonds. The quantitative estimate of drug-likeness (QED) is 0.641. The summed E-state index contributed by atoms with van der Waals surface area (Å²) in [5, 5.41) is 0. The van der Waals surface area contributed by atoms with Crippen LogP contribution in [0.5, 0.6) is 0 Å². The Morgan fingerprint density at radius 1 is 1.30 bits per heavy atom. The number of amides is 1. The molecule has 0 radical (unpaired) electrons. The minimum atomic E-state index is 0. The van der Waals surface area contributed by atoms with E-state index in [4.69, 9.17) is 5.73 Å². The number of halogens is 2. The number of hydrogen-bond donors (Lipinski definition) is 2. The molecule has 0 bridgehead atoms. The molecule has 1 aromatic carbocycles. The number of carbonyl (C=O) groups excluding carboxylic acids is 1. The Labute approximate surface area is 182 Å². The van der Waals surface area contributed by atoms with E-state index in [1.165, 1.54) is 18.4 Å². The van der Waals surface area contributed by atoms with Crippen molar-refractivity contribution < 1.29 is 4.79 Å². The van der Waals surface area contributed by atoms with Gasteiger partial charge in [-0.05, 0) is 37.5 Å². The van der Waals surface area contributed by atoms with Gasteiger partial charge in [0.25, 0.3) is 5.91 Å². The van der Waals surface area contributed by atoms with Crippen molar-refractivity contribution in [1.82, 2.24) is 9.80 Å². The molecule has 2 unspecified atom stereocenters. The third-order valence-corrected chi connectivity index (χ3v) is 5.79. The number of rotatable bonds is 7. The van der Waals surface area contributed by atoms with Gasteiger partial charge in [0.2, 0.25) is 0 Å². The Hall–Kier alpha value is -0.460. The van der Waals surface area contributed by atoms with E-state index < -0.39 is 0 Å². The van der Waals surface area contributed by atoms with E-state index in [1.807, 2.05) is 24.0 Å². The number of unbranched alkanes of at least 4 members (excludes halogenated alkanes) is 1. The number of aryl methyl sites for hydroxylation is 1. The molecule has 0 saturated carbocycles. The van der Waals surface area contributed by atoms with E-state index in [2.05, 4.69) is 37.4 Å². The van der Waals surface area contributed by atoms with Crippen LogP contribution in [0.1, 0.15) is 47.7 Å². The fourth-order valence-corrected chi connectivity index (χ4v) is 3.66. The third-order valence-electron chi connectivity index (χ3n) is 5.32. The molecular formula is C20H35Cl2N3OS. The monoisotopic (exact) mass is 435 g/mol. The lowest BCUT2D eigenvalue weighted by Gasteiger charge is -2.42. The molecule has 156 valence electrons. The zero-order valence-corrected chi connectivity index (χ0v) is 19.2. The van der Waals surface area contributed by atoms with Crippen LogP contribution in [0.25, 0.3) is 0 Å². The minimum Gasteiger partial charge on any atom is -0.336 e. The van der Waals surface area contributed by atoms with Gasteiger partial charge < -0.3 is 10.6 Å². The van der Waals surface area contributed by atoms with Crippen LogP contribution in [0.4, 0.5) is 0 Å². The highest BCUT2D eigenvalue weighted by atomic mass is 35.5. The summed E-state index contributed by atoms with van der Waals surface area (Å²) in [5.74, 6) is 0.864. The smallest absolute Gasteiger partial charge is 0.254 e. The molecule has 1 aliphatic heterocycles. The van der Waals surface area contributed by atoms with Crippen molar-refractivity contribution in [3.63, 3.8) is 0 Å². The second kappa shape index (κ2) is 12.9. The van der Waals surface area contributed by atoms with Gasteiger partial charge in [0, 0.05) is 49.6 Å². The number of nitrogens with zero attached hydrogens (tertiary/aromatic N) is 2. The number of piperazine rings is 1. The first-order chi connectivity index (χ1) is 12.0. The highest BCUT2D eigenvalue weighted by Gasteiger charge is 2.30. The first-order valence-corrected chi connectivity index (χ1v) is 10.1. The second-order valence-corrected chi connectivity index (χ2v) is 7.60. The molecule has 1 aromatic rings. The molecule has 0 aromatic heterocycles. The van der Waals surface area contributed by atoms with Crippen molar-refractivity contribution in [2.75, 3.05) is 31.9 Å². The SMILES string of the molecule is CCCCC1CN(C(=O)c2cccc(C)c2C)CCN1CC(N)CS.Cl.Cl. The zero-order valence-electron chi connectivity index (χ0n) is 16.7. The molecule has 2 N–H and O–H groups in total. The minimum absolute atomic E-state index is 0. The topological polar surface area (TPSA) is 49.6 Å². The van der Waals surface area contributed by atoms with Crippen molar-refractivity contribution in [2.45, 2.75) is 52.1 Å². The van der Waals surface area contributed by atoms with Crippen LogP contribution in [0.3, 0.4) is 0 Å². The highest BCUT2D eigenvalue weighted by molar-refractivity contribution is 7.80. The van der Waals surface area contributed by atoms with Gasteiger partial charge in [-0.3, -0.25) is 9.69 Å². The summed E-state index contributed by atoms with van der Waals surface area (Å²) in [6.07, 6.45) is 3.48. The van der Waals surface area contributed by atoms with Gasteiger partial charge >= 0.3 is 0 Å². The normalized spacial score (nSPS) is 18.4. The van der Waals surface area contributed by atoms with Crippen LogP contribution >= 0.6 is 37.4 Å². The van der Waals surface area contributed by atoms with E-state index in [0.29, 0.717) is 11.8 Å². The molecule has 1 saturated heterocycles. The second-order valence-electron chi connectivity index (χ2n) is 7.23. The summed E-state index contributed by atoms with van der Waals surface area (Å²) >= 11 is 4.32. The predicted molar refractivity (Wildman–Crippen MR) is 123 cm³/mol. The van der Waals surface area contributed by atoms with Crippen LogP contribution < -0.4 is 5.73 Å².